The van der Waals surface area contributed by atoms with Crippen LogP contribution in [0.3, 0.4) is 0 Å². The number of hydrogen-bond acceptors (Lipinski definition) is 6. The van der Waals surface area contributed by atoms with Crippen molar-refractivity contribution >= 4 is 50.5 Å². The lowest BCUT2D eigenvalue weighted by molar-refractivity contribution is -0.896. The van der Waals surface area contributed by atoms with Crippen molar-refractivity contribution in [3.8, 4) is 22.1 Å². The van der Waals surface area contributed by atoms with E-state index in [0.29, 0.717) is 32.9 Å². The summed E-state index contributed by atoms with van der Waals surface area (Å²) in [6, 6.07) is 18.5. The van der Waals surface area contributed by atoms with Gasteiger partial charge >= 0.3 is 0 Å². The summed E-state index contributed by atoms with van der Waals surface area (Å²) < 4.78 is 35.5. The summed E-state index contributed by atoms with van der Waals surface area (Å²) in [5.74, 6) is -1.03. The SMILES string of the molecule is O=C(Cc1ccc(F)cc1)NC(=S)Nc1ccc(Oc2ccnc3cc(-c4cccc[n+]4O)sc23)c(F)c1. The van der Waals surface area contributed by atoms with Gasteiger partial charge in [-0.25, -0.2) is 8.78 Å². The maximum Gasteiger partial charge on any atom is 0.274 e. The number of benzene rings is 2. The second kappa shape index (κ2) is 10.9. The number of aromatic nitrogens is 2. The average Bonchev–Trinajstić information content (AvgIpc) is 3.32. The number of hydrogen-bond donors (Lipinski definition) is 3. The molecular formula is C27H19F2N4O3S2+. The molecule has 5 aromatic rings. The number of carbonyl (C=O) groups excluding carboxylic acids is 1. The Bertz CT molecular complexity index is 1660. The van der Waals surface area contributed by atoms with Crippen molar-refractivity contribution in [2.45, 2.75) is 6.42 Å². The molecule has 0 bridgehead atoms. The van der Waals surface area contributed by atoms with E-state index < -0.39 is 11.7 Å². The van der Waals surface area contributed by atoms with Crippen LogP contribution in [-0.4, -0.2) is 21.2 Å². The topological polar surface area (TPSA) is 87.4 Å². The van der Waals surface area contributed by atoms with Crippen LogP contribution in [0.2, 0.25) is 0 Å². The normalized spacial score (nSPS) is 10.8. The summed E-state index contributed by atoms with van der Waals surface area (Å²) in [4.78, 5) is 17.3. The summed E-state index contributed by atoms with van der Waals surface area (Å²) in [5, 5.41) is 15.4. The highest BCUT2D eigenvalue weighted by molar-refractivity contribution is 7.80. The van der Waals surface area contributed by atoms with E-state index in [0.717, 1.165) is 9.61 Å². The number of amides is 1. The van der Waals surface area contributed by atoms with E-state index in [1.54, 1.807) is 30.5 Å². The van der Waals surface area contributed by atoms with E-state index in [-0.39, 0.29) is 23.1 Å². The molecule has 190 valence electrons. The van der Waals surface area contributed by atoms with Crippen LogP contribution in [0.15, 0.2) is 85.2 Å². The predicted molar refractivity (Wildman–Crippen MR) is 143 cm³/mol. The monoisotopic (exact) mass is 549 g/mol. The smallest absolute Gasteiger partial charge is 0.274 e. The number of thiocarbonyl (C=S) groups is 1. The van der Waals surface area contributed by atoms with Gasteiger partial charge in [-0.2, -0.15) is 0 Å². The fourth-order valence-electron chi connectivity index (χ4n) is 3.65. The third-order valence-corrected chi connectivity index (χ3v) is 6.77. The minimum atomic E-state index is -0.645. The van der Waals surface area contributed by atoms with Crippen molar-refractivity contribution in [1.29, 1.82) is 0 Å². The maximum atomic E-state index is 14.9. The molecule has 38 heavy (non-hydrogen) atoms. The van der Waals surface area contributed by atoms with Crippen molar-refractivity contribution in [2.24, 2.45) is 0 Å². The molecule has 3 aromatic heterocycles. The third-order valence-electron chi connectivity index (χ3n) is 5.41. The van der Waals surface area contributed by atoms with Crippen LogP contribution < -0.4 is 20.1 Å². The molecule has 0 aliphatic heterocycles. The quantitative estimate of drug-likeness (QED) is 0.145. The van der Waals surface area contributed by atoms with Gasteiger partial charge in [-0.15, -0.1) is 11.3 Å². The van der Waals surface area contributed by atoms with E-state index in [2.05, 4.69) is 15.6 Å². The lowest BCUT2D eigenvalue weighted by Gasteiger charge is -2.12. The van der Waals surface area contributed by atoms with Gasteiger partial charge in [0.25, 0.3) is 5.69 Å². The fraction of sp³-hybridized carbons (Fsp3) is 0.0370. The van der Waals surface area contributed by atoms with Crippen molar-refractivity contribution in [1.82, 2.24) is 10.3 Å². The van der Waals surface area contributed by atoms with Gasteiger partial charge in [0.1, 0.15) is 16.4 Å². The van der Waals surface area contributed by atoms with Gasteiger partial charge in [0.15, 0.2) is 16.7 Å². The first-order valence-electron chi connectivity index (χ1n) is 11.3. The Morgan fingerprint density at radius 3 is 2.63 bits per heavy atom. The number of anilines is 1. The highest BCUT2D eigenvalue weighted by atomic mass is 32.1. The van der Waals surface area contributed by atoms with Crippen molar-refractivity contribution in [2.75, 3.05) is 5.32 Å². The second-order valence-corrected chi connectivity index (χ2v) is 9.58. The Morgan fingerprint density at radius 2 is 1.87 bits per heavy atom. The van der Waals surface area contributed by atoms with Crippen LogP contribution >= 0.6 is 23.6 Å². The lowest BCUT2D eigenvalue weighted by atomic mass is 10.1. The highest BCUT2D eigenvalue weighted by Gasteiger charge is 2.18. The molecule has 0 saturated carbocycles. The van der Waals surface area contributed by atoms with Gasteiger partial charge in [-0.05, 0) is 54.2 Å². The molecule has 1 amide bonds. The number of halogens is 2. The van der Waals surface area contributed by atoms with Gasteiger partial charge in [0.05, 0.1) is 16.6 Å². The zero-order chi connectivity index (χ0) is 26.6. The zero-order valence-corrected chi connectivity index (χ0v) is 21.2. The highest BCUT2D eigenvalue weighted by Crippen LogP contribution is 2.38. The van der Waals surface area contributed by atoms with E-state index in [9.17, 15) is 18.8 Å². The molecule has 0 radical (unpaired) electrons. The predicted octanol–water partition coefficient (Wildman–Crippen LogP) is 5.61. The Kier molecular flexibility index (Phi) is 7.20. The average molecular weight is 550 g/mol. The number of ether oxygens (including phenoxy) is 1. The Morgan fingerprint density at radius 1 is 1.05 bits per heavy atom. The summed E-state index contributed by atoms with van der Waals surface area (Å²) in [6.07, 6.45) is 3.10. The molecule has 0 aliphatic rings. The Labute approximate surface area is 224 Å². The van der Waals surface area contributed by atoms with Crippen LogP contribution in [0, 0.1) is 11.6 Å². The maximum absolute atomic E-state index is 14.9. The molecule has 0 saturated heterocycles. The van der Waals surface area contributed by atoms with Gasteiger partial charge in [0, 0.05) is 40.9 Å². The van der Waals surface area contributed by atoms with Crippen LogP contribution in [0.4, 0.5) is 14.5 Å². The third kappa shape index (κ3) is 5.74. The van der Waals surface area contributed by atoms with Crippen molar-refractivity contribution < 1.29 is 28.2 Å². The van der Waals surface area contributed by atoms with Crippen LogP contribution in [-0.2, 0) is 11.2 Å². The lowest BCUT2D eigenvalue weighted by Crippen LogP contribution is -2.35. The molecule has 0 atom stereocenters. The van der Waals surface area contributed by atoms with E-state index in [4.69, 9.17) is 17.0 Å². The minimum absolute atomic E-state index is 0.00540. The first kappa shape index (κ1) is 25.2. The fourth-order valence-corrected chi connectivity index (χ4v) is 4.97. The molecule has 0 unspecified atom stereocenters. The van der Waals surface area contributed by atoms with Crippen molar-refractivity contribution in [3.05, 3.63) is 102 Å². The van der Waals surface area contributed by atoms with Gasteiger partial charge in [0.2, 0.25) is 12.1 Å². The van der Waals surface area contributed by atoms with E-state index >= 15 is 0 Å². The largest absolute Gasteiger partial charge is 0.453 e. The molecule has 0 spiro atoms. The molecule has 3 N–H and O–H groups in total. The Balaban J connectivity index is 1.26. The molecular weight excluding hydrogens is 530 g/mol. The minimum Gasteiger partial charge on any atom is -0.453 e. The molecule has 7 nitrogen and oxygen atoms in total. The summed E-state index contributed by atoms with van der Waals surface area (Å²) in [6.45, 7) is 0. The van der Waals surface area contributed by atoms with E-state index in [1.807, 2.05) is 12.1 Å². The van der Waals surface area contributed by atoms with E-state index in [1.165, 1.54) is 53.9 Å². The number of carbonyl (C=O) groups is 1. The molecule has 5 rings (SSSR count). The zero-order valence-electron chi connectivity index (χ0n) is 19.5. The number of fused-ring (bicyclic) bond motifs is 1. The Hall–Kier alpha value is -4.48. The molecule has 3 heterocycles. The number of pyridine rings is 2. The first-order chi connectivity index (χ1) is 18.4. The summed E-state index contributed by atoms with van der Waals surface area (Å²) in [7, 11) is 0. The van der Waals surface area contributed by atoms with Gasteiger partial charge < -0.3 is 15.4 Å². The van der Waals surface area contributed by atoms with Gasteiger partial charge in [-0.3, -0.25) is 15.0 Å². The van der Waals surface area contributed by atoms with Crippen LogP contribution in [0.25, 0.3) is 20.8 Å². The molecule has 0 fully saturated rings. The van der Waals surface area contributed by atoms with Gasteiger partial charge in [-0.1, -0.05) is 12.1 Å². The number of rotatable bonds is 6. The number of thiophene rings is 1. The number of nitrogens with one attached hydrogen (secondary N) is 2. The van der Waals surface area contributed by atoms with Crippen LogP contribution in [0.1, 0.15) is 5.56 Å². The van der Waals surface area contributed by atoms with Crippen molar-refractivity contribution in [3.63, 3.8) is 0 Å². The summed E-state index contributed by atoms with van der Waals surface area (Å²) >= 11 is 6.51. The van der Waals surface area contributed by atoms with Crippen LogP contribution in [0.5, 0.6) is 11.5 Å². The summed E-state index contributed by atoms with van der Waals surface area (Å²) in [5.41, 5.74) is 2.18. The molecule has 11 heteroatoms. The second-order valence-electron chi connectivity index (χ2n) is 8.12. The molecule has 0 aliphatic carbocycles. The number of nitrogens with zero attached hydrogens (tertiary/aromatic N) is 2. The first-order valence-corrected chi connectivity index (χ1v) is 12.5. The molecule has 2 aromatic carbocycles. The standard InChI is InChI=1S/C27H18F2N4O3S2/c28-17-6-4-16(5-7-17)13-25(34)32-27(37)31-18-8-9-22(19(29)14-18)36-23-10-11-30-20-15-24(38-26(20)23)21-3-1-2-12-33(21)35/h1-12,14-15H,13H2,(H2-,30,31,32,34,35,37)/p+1.